The first kappa shape index (κ1) is 33.9. The topological polar surface area (TPSA) is 51.8 Å². The van der Waals surface area contributed by atoms with Crippen molar-refractivity contribution < 1.29 is 24.5 Å². The number of pyridine rings is 3. The van der Waals surface area contributed by atoms with Crippen LogP contribution in [0.3, 0.4) is 0 Å². The van der Waals surface area contributed by atoms with E-state index >= 15 is 0 Å². The minimum atomic E-state index is 0. The Balaban J connectivity index is 0.000000228. The number of hydrogen-bond acceptors (Lipinski definition) is 4. The summed E-state index contributed by atoms with van der Waals surface area (Å²) < 4.78 is 6.27. The zero-order valence-electron chi connectivity index (χ0n) is 27.8. The maximum absolute atomic E-state index is 6.27. The predicted octanol–water partition coefficient (Wildman–Crippen LogP) is 10.5. The number of aromatic nitrogens is 3. The van der Waals surface area contributed by atoms with Crippen LogP contribution in [-0.2, 0) is 32.9 Å². The summed E-state index contributed by atoms with van der Waals surface area (Å²) in [5, 5.41) is 2.07. The Morgan fingerprint density at radius 2 is 1.55 bits per heavy atom. The van der Waals surface area contributed by atoms with Crippen molar-refractivity contribution in [3.8, 4) is 22.5 Å². The number of hydrogen-bond donors (Lipinski definition) is 0. The smallest absolute Gasteiger partial charge is 0.216 e. The van der Waals surface area contributed by atoms with Crippen LogP contribution in [0.15, 0.2) is 108 Å². The average Bonchev–Trinajstić information content (AvgIpc) is 3.41. The maximum atomic E-state index is 6.27. The van der Waals surface area contributed by atoms with Crippen LogP contribution < -0.4 is 0 Å². The van der Waals surface area contributed by atoms with Gasteiger partial charge in [0.25, 0.3) is 0 Å². The molecule has 0 aliphatic rings. The molecule has 0 N–H and O–H groups in total. The van der Waals surface area contributed by atoms with Gasteiger partial charge in [0.15, 0.2) is 0 Å². The Kier molecular flexibility index (Phi) is 10.5. The quantitative estimate of drug-likeness (QED) is 0.163. The van der Waals surface area contributed by atoms with Crippen LogP contribution in [0.2, 0.25) is 0 Å². The number of nitrogens with zero attached hydrogens (tertiary/aromatic N) is 3. The molecule has 0 spiro atoms. The van der Waals surface area contributed by atoms with Crippen LogP contribution in [0.1, 0.15) is 54.3 Å². The summed E-state index contributed by atoms with van der Waals surface area (Å²) in [6.45, 7) is 13.0. The molecule has 0 fully saturated rings. The minimum Gasteiger partial charge on any atom is -0.486 e. The molecular weight excluding hydrogens is 755 g/mol. The molecule has 0 aliphatic carbocycles. The monoisotopic (exact) mass is 794 g/mol. The van der Waals surface area contributed by atoms with Gasteiger partial charge in [-0.15, -0.1) is 53.6 Å². The third-order valence-electron chi connectivity index (χ3n) is 8.02. The molecule has 239 valence electrons. The summed E-state index contributed by atoms with van der Waals surface area (Å²) >= 11 is 0. The second-order valence-corrected chi connectivity index (χ2v) is 13.2. The van der Waals surface area contributed by atoms with E-state index in [2.05, 4.69) is 130 Å². The number of benzene rings is 3. The van der Waals surface area contributed by atoms with E-state index in [4.69, 9.17) is 9.40 Å². The van der Waals surface area contributed by atoms with Gasteiger partial charge in [-0.05, 0) is 66.4 Å². The summed E-state index contributed by atoms with van der Waals surface area (Å²) in [6.07, 6.45) is 5.56. The van der Waals surface area contributed by atoms with Crippen molar-refractivity contribution >= 4 is 22.1 Å². The van der Waals surface area contributed by atoms with Crippen molar-refractivity contribution in [2.24, 2.45) is 5.41 Å². The van der Waals surface area contributed by atoms with Crippen LogP contribution >= 0.6 is 0 Å². The molecule has 4 heterocycles. The number of aryl methyl sites for hydroxylation is 3. The van der Waals surface area contributed by atoms with Gasteiger partial charge in [-0.25, -0.2) is 4.98 Å². The molecule has 47 heavy (non-hydrogen) atoms. The summed E-state index contributed by atoms with van der Waals surface area (Å²) in [6, 6.07) is 37.6. The number of fused-ring (bicyclic) bond motifs is 3. The molecule has 5 heteroatoms. The number of rotatable bonds is 5. The van der Waals surface area contributed by atoms with Gasteiger partial charge in [-0.2, -0.15) is 0 Å². The van der Waals surface area contributed by atoms with E-state index in [-0.39, 0.29) is 25.5 Å². The molecule has 0 amide bonds. The Morgan fingerprint density at radius 1 is 0.745 bits per heavy atom. The Morgan fingerprint density at radius 3 is 2.28 bits per heavy atom. The largest absolute Gasteiger partial charge is 0.486 e. The van der Waals surface area contributed by atoms with Crippen molar-refractivity contribution in [1.29, 1.82) is 0 Å². The summed E-state index contributed by atoms with van der Waals surface area (Å²) in [4.78, 5) is 13.8. The second kappa shape index (κ2) is 14.5. The molecule has 4 nitrogen and oxygen atoms in total. The first-order valence-corrected chi connectivity index (χ1v) is 15.8. The van der Waals surface area contributed by atoms with Crippen molar-refractivity contribution in [3.05, 3.63) is 149 Å². The van der Waals surface area contributed by atoms with Crippen LogP contribution in [0, 0.1) is 38.3 Å². The fourth-order valence-electron chi connectivity index (χ4n) is 5.52. The zero-order chi connectivity index (χ0) is 32.3. The number of furan rings is 1. The molecule has 0 saturated carbocycles. The third kappa shape index (κ3) is 8.29. The van der Waals surface area contributed by atoms with E-state index in [0.29, 0.717) is 5.71 Å². The Hall–Kier alpha value is -4.44. The summed E-state index contributed by atoms with van der Waals surface area (Å²) in [5.41, 5.74) is 12.7. The van der Waals surface area contributed by atoms with Gasteiger partial charge in [-0.3, -0.25) is 0 Å². The minimum absolute atomic E-state index is 0. The summed E-state index contributed by atoms with van der Waals surface area (Å²) in [5.74, 6) is 0. The van der Waals surface area contributed by atoms with Gasteiger partial charge < -0.3 is 14.4 Å². The molecule has 4 aromatic heterocycles. The van der Waals surface area contributed by atoms with E-state index in [1.54, 1.807) is 0 Å². The van der Waals surface area contributed by atoms with Crippen LogP contribution in [0.25, 0.3) is 44.6 Å². The first-order chi connectivity index (χ1) is 22.1. The molecule has 7 rings (SSSR count). The van der Waals surface area contributed by atoms with E-state index in [1.165, 1.54) is 27.8 Å². The molecule has 0 bridgehead atoms. The standard InChI is InChI=1S/C28H25N2O.C14H14N.Ir/c1-28(2,3)18-20-14-15-29-25(17-20)24-11-7-10-22-23-13-12-21(30-27(23)31-26(22)24)16-19-8-5-4-6-9-19;1-10-4-6-13(7-5-10)14-8-11(2)12(3)9-15-14;/h4-10,12-15,17H,16,18H2,1-3H3;4-6,8-9H,1-3H3;/q2*-1;. The van der Waals surface area contributed by atoms with Crippen LogP contribution in [0.4, 0.5) is 0 Å². The van der Waals surface area contributed by atoms with Crippen molar-refractivity contribution in [1.82, 2.24) is 15.0 Å². The first-order valence-electron chi connectivity index (χ1n) is 15.8. The van der Waals surface area contributed by atoms with Crippen molar-refractivity contribution in [2.75, 3.05) is 0 Å². The summed E-state index contributed by atoms with van der Waals surface area (Å²) in [7, 11) is 0. The second-order valence-electron chi connectivity index (χ2n) is 13.2. The molecular formula is C42H39IrN3O-2. The van der Waals surface area contributed by atoms with E-state index in [1.807, 2.05) is 36.7 Å². The Bertz CT molecular complexity index is 2110. The van der Waals surface area contributed by atoms with Crippen LogP contribution in [0.5, 0.6) is 0 Å². The van der Waals surface area contributed by atoms with Crippen molar-refractivity contribution in [2.45, 2.75) is 54.4 Å². The van der Waals surface area contributed by atoms with E-state index in [9.17, 15) is 0 Å². The van der Waals surface area contributed by atoms with E-state index < -0.39 is 0 Å². The predicted molar refractivity (Wildman–Crippen MR) is 189 cm³/mol. The molecule has 0 saturated heterocycles. The molecule has 3 aromatic carbocycles. The zero-order valence-corrected chi connectivity index (χ0v) is 30.2. The van der Waals surface area contributed by atoms with Crippen molar-refractivity contribution in [3.63, 3.8) is 0 Å². The van der Waals surface area contributed by atoms with Crippen LogP contribution in [-0.4, -0.2) is 15.0 Å². The SMILES string of the molecule is CC(C)(C)Cc1ccnc(-c2[c-]ccc3c2oc2nc(Cc4ccccc4)ccc23)c1.Cc1c[c-]c(-c2cc(C)c(C)cn2)cc1.[Ir]. The van der Waals surface area contributed by atoms with Gasteiger partial charge in [0, 0.05) is 50.0 Å². The van der Waals surface area contributed by atoms with Gasteiger partial charge in [0.05, 0.1) is 5.58 Å². The van der Waals surface area contributed by atoms with Gasteiger partial charge in [-0.1, -0.05) is 92.2 Å². The van der Waals surface area contributed by atoms with Gasteiger partial charge in [0.2, 0.25) is 5.71 Å². The van der Waals surface area contributed by atoms with Gasteiger partial charge >= 0.3 is 0 Å². The molecule has 0 atom stereocenters. The van der Waals surface area contributed by atoms with E-state index in [0.717, 1.165) is 57.4 Å². The maximum Gasteiger partial charge on any atom is 0.216 e. The normalized spacial score (nSPS) is 11.2. The van der Waals surface area contributed by atoms with Gasteiger partial charge in [0.1, 0.15) is 0 Å². The third-order valence-corrected chi connectivity index (χ3v) is 8.02. The molecule has 0 unspecified atom stereocenters. The molecule has 7 aromatic rings. The molecule has 0 aliphatic heterocycles. The Labute approximate surface area is 291 Å². The fourth-order valence-corrected chi connectivity index (χ4v) is 5.52. The average molecular weight is 794 g/mol. The fraction of sp³-hybridized carbons (Fsp3) is 0.214. The molecule has 1 radical (unpaired) electrons.